The molecular weight excluding hydrogens is 689 g/mol. The molecule has 0 radical (unpaired) electrons. The first kappa shape index (κ1) is 37.8. The van der Waals surface area contributed by atoms with E-state index in [1.165, 1.54) is 0 Å². The zero-order valence-corrected chi connectivity index (χ0v) is 34.2. The van der Waals surface area contributed by atoms with E-state index in [2.05, 4.69) is 51.4 Å². The van der Waals surface area contributed by atoms with Crippen LogP contribution < -0.4 is 0 Å². The van der Waals surface area contributed by atoms with Crippen LogP contribution in [0.15, 0.2) is 0 Å². The lowest BCUT2D eigenvalue weighted by molar-refractivity contribution is -0.233. The fraction of sp³-hybridized carbons (Fsp3) is 0.896. The van der Waals surface area contributed by atoms with E-state index in [9.17, 15) is 30.3 Å². The van der Waals surface area contributed by atoms with Crippen LogP contribution in [0.1, 0.15) is 131 Å². The molecule has 0 aromatic rings. The van der Waals surface area contributed by atoms with Crippen LogP contribution in [0.3, 0.4) is 0 Å². The molecule has 12 saturated carbocycles. The van der Waals surface area contributed by atoms with Crippen LogP contribution in [-0.2, 0) is 4.79 Å². The molecule has 0 heterocycles. The van der Waals surface area contributed by atoms with Crippen molar-refractivity contribution in [3.63, 3.8) is 0 Å². The fourth-order valence-electron chi connectivity index (χ4n) is 19.0. The normalized spacial score (nSPS) is 65.1. The van der Waals surface area contributed by atoms with Crippen LogP contribution in [0, 0.1) is 128 Å². The molecule has 12 fully saturated rings. The lowest BCUT2D eigenvalue weighted by atomic mass is 9.42. The first-order valence-electron chi connectivity index (χ1n) is 22.4. The number of carbonyl (C=O) groups excluding carboxylic acids is 1. The van der Waals surface area contributed by atoms with Gasteiger partial charge in [0.2, 0.25) is 0 Å². The molecule has 23 atom stereocenters. The third-order valence-electron chi connectivity index (χ3n) is 21.7. The highest BCUT2D eigenvalue weighted by molar-refractivity contribution is 5.81. The molecule has 12 aliphatic carbocycles. The van der Waals surface area contributed by atoms with Crippen LogP contribution in [0.25, 0.3) is 0 Å². The molecular formula is C48H68O7. The summed E-state index contributed by atoms with van der Waals surface area (Å²) in [6.07, 6.45) is 12.6. The van der Waals surface area contributed by atoms with Crippen molar-refractivity contribution in [3.05, 3.63) is 0 Å². The van der Waals surface area contributed by atoms with E-state index in [1.54, 1.807) is 0 Å². The Bertz CT molecular complexity index is 1840. The molecule has 0 aliphatic heterocycles. The summed E-state index contributed by atoms with van der Waals surface area (Å²) in [5, 5.41) is 57.2. The standard InChI is InChI=1S/C24H34O3.C24H32O3.H2O/c2*1-4-7-23(26)18-11-15(18)20-19-14-10-17(14)24(27)12-13(25)5-8-21(24,2)16(19)6-9-22(20,23)3;/h13-20,25-27H,5-6,8-12H2,1-3H3;14-20,26-27H,5-6,8-12H2,1-3H3;1H2/t13-,14?,15+,16?,17+,18?,19?,20?,21+,22-,23-,24+;14?,15-,16?,17-,18?,19?,20?,21-,22+,23+,24-;/m01./s1. The van der Waals surface area contributed by atoms with Gasteiger partial charge < -0.3 is 31.0 Å². The zero-order valence-electron chi connectivity index (χ0n) is 34.2. The van der Waals surface area contributed by atoms with E-state index >= 15 is 0 Å². The maximum atomic E-state index is 12.2. The topological polar surface area (TPSA) is 150 Å². The van der Waals surface area contributed by atoms with E-state index in [0.29, 0.717) is 102 Å². The second-order valence-electron chi connectivity index (χ2n) is 22.9. The van der Waals surface area contributed by atoms with Crippen molar-refractivity contribution in [2.24, 2.45) is 105 Å². The van der Waals surface area contributed by atoms with Crippen molar-refractivity contribution in [1.29, 1.82) is 0 Å². The van der Waals surface area contributed by atoms with Crippen LogP contribution >= 0.6 is 0 Å². The second-order valence-corrected chi connectivity index (χ2v) is 22.9. The maximum absolute atomic E-state index is 12.2. The average molecular weight is 757 g/mol. The summed E-state index contributed by atoms with van der Waals surface area (Å²) in [5.74, 6) is 20.1. The molecule has 0 aromatic carbocycles. The van der Waals surface area contributed by atoms with Crippen molar-refractivity contribution in [1.82, 2.24) is 0 Å². The van der Waals surface area contributed by atoms with Gasteiger partial charge in [0.05, 0.1) is 17.3 Å². The number of fused-ring (bicyclic) bond motifs is 20. The van der Waals surface area contributed by atoms with Crippen molar-refractivity contribution in [2.75, 3.05) is 0 Å². The summed E-state index contributed by atoms with van der Waals surface area (Å²) >= 11 is 0. The Morgan fingerprint density at radius 2 is 1.00 bits per heavy atom. The maximum Gasteiger partial charge on any atom is 0.135 e. The van der Waals surface area contributed by atoms with Gasteiger partial charge in [-0.2, -0.15) is 0 Å². The third kappa shape index (κ3) is 4.12. The van der Waals surface area contributed by atoms with Gasteiger partial charge in [-0.15, -0.1) is 11.8 Å². The minimum absolute atomic E-state index is 0. The van der Waals surface area contributed by atoms with Gasteiger partial charge in [-0.3, -0.25) is 4.79 Å². The van der Waals surface area contributed by atoms with Gasteiger partial charge in [0, 0.05) is 47.3 Å². The van der Waals surface area contributed by atoms with Gasteiger partial charge >= 0.3 is 0 Å². The van der Waals surface area contributed by atoms with Gasteiger partial charge in [-0.25, -0.2) is 0 Å². The third-order valence-corrected chi connectivity index (χ3v) is 21.7. The highest BCUT2D eigenvalue weighted by Gasteiger charge is 2.83. The highest BCUT2D eigenvalue weighted by Crippen LogP contribution is 2.83. The molecule has 0 saturated heterocycles. The molecule has 7 N–H and O–H groups in total. The number of Topliss-reactive ketones (excluding diaryl/α,β-unsaturated/α-hetero) is 1. The smallest absolute Gasteiger partial charge is 0.135 e. The number of ketones is 1. The van der Waals surface area contributed by atoms with Gasteiger partial charge in [0.15, 0.2) is 0 Å². The first-order chi connectivity index (χ1) is 25.4. The Hall–Kier alpha value is -1.45. The van der Waals surface area contributed by atoms with Gasteiger partial charge in [-0.1, -0.05) is 39.5 Å². The molecule has 12 aliphatic rings. The van der Waals surface area contributed by atoms with E-state index in [4.69, 9.17) is 0 Å². The van der Waals surface area contributed by atoms with E-state index in [1.807, 2.05) is 13.8 Å². The summed E-state index contributed by atoms with van der Waals surface area (Å²) in [6.45, 7) is 13.0. The molecule has 0 bridgehead atoms. The van der Waals surface area contributed by atoms with E-state index < -0.39 is 22.4 Å². The first-order valence-corrected chi connectivity index (χ1v) is 22.4. The molecule has 55 heavy (non-hydrogen) atoms. The summed E-state index contributed by atoms with van der Waals surface area (Å²) in [7, 11) is 0. The molecule has 0 aromatic heterocycles. The number of aliphatic hydroxyl groups excluding tert-OH is 1. The predicted octanol–water partition coefficient (Wildman–Crippen LogP) is 5.33. The lowest BCUT2D eigenvalue weighted by Gasteiger charge is -2.64. The van der Waals surface area contributed by atoms with E-state index in [-0.39, 0.29) is 39.0 Å². The van der Waals surface area contributed by atoms with Gasteiger partial charge in [-0.05, 0) is 161 Å². The van der Waals surface area contributed by atoms with Crippen LogP contribution in [0.4, 0.5) is 0 Å². The van der Waals surface area contributed by atoms with Gasteiger partial charge in [0.1, 0.15) is 17.0 Å². The quantitative estimate of drug-likeness (QED) is 0.211. The minimum Gasteiger partial charge on any atom is -0.412 e. The SMILES string of the molecule is CC#C[C@]1(O)C2C[C@H]2C2C3C4C[C@H]4[C@]4(O)CC(=O)CC[C@]4(C)C3CC[C@@]21C.CC#C[C@]1(O)C2C[C@H]2C2C3C4C[C@H]4[C@]4(O)C[C@@H](O)CC[C@]4(C)C3CC[C@@]21C.O. The Labute approximate surface area is 328 Å². The zero-order chi connectivity index (χ0) is 38.0. The van der Waals surface area contributed by atoms with Crippen molar-refractivity contribution >= 4 is 5.78 Å². The van der Waals surface area contributed by atoms with Crippen LogP contribution in [0.5, 0.6) is 0 Å². The Morgan fingerprint density at radius 1 is 0.564 bits per heavy atom. The van der Waals surface area contributed by atoms with Crippen molar-refractivity contribution in [2.45, 2.75) is 160 Å². The molecule has 7 heteroatoms. The molecule has 302 valence electrons. The van der Waals surface area contributed by atoms with Crippen LogP contribution in [0.2, 0.25) is 0 Å². The average Bonchev–Trinajstić information content (AvgIpc) is 3.93. The van der Waals surface area contributed by atoms with Crippen molar-refractivity contribution in [3.8, 4) is 23.7 Å². The largest absolute Gasteiger partial charge is 0.412 e. The summed E-state index contributed by atoms with van der Waals surface area (Å²) < 4.78 is 0. The minimum atomic E-state index is -0.816. The molecule has 7 nitrogen and oxygen atoms in total. The Balaban J connectivity index is 0.000000133. The summed E-state index contributed by atoms with van der Waals surface area (Å²) in [6, 6.07) is 0. The summed E-state index contributed by atoms with van der Waals surface area (Å²) in [5.41, 5.74) is -3.46. The molecule has 10 unspecified atom stereocenters. The molecule has 12 rings (SSSR count). The lowest BCUT2D eigenvalue weighted by Crippen LogP contribution is -2.65. The predicted molar refractivity (Wildman–Crippen MR) is 207 cm³/mol. The molecule has 0 amide bonds. The monoisotopic (exact) mass is 756 g/mol. The number of hydrogen-bond acceptors (Lipinski definition) is 6. The van der Waals surface area contributed by atoms with E-state index in [0.717, 1.165) is 70.6 Å². The fourth-order valence-corrected chi connectivity index (χ4v) is 19.0. The number of carbonyl (C=O) groups is 1. The number of hydrogen-bond donors (Lipinski definition) is 5. The molecule has 0 spiro atoms. The van der Waals surface area contributed by atoms with Gasteiger partial charge in [0.25, 0.3) is 0 Å². The second kappa shape index (κ2) is 11.0. The highest BCUT2D eigenvalue weighted by atomic mass is 16.3. The Morgan fingerprint density at radius 3 is 1.49 bits per heavy atom. The van der Waals surface area contributed by atoms with Crippen molar-refractivity contribution < 1.29 is 35.8 Å². The number of aliphatic hydroxyl groups is 5. The number of rotatable bonds is 0. The summed E-state index contributed by atoms with van der Waals surface area (Å²) in [4.78, 5) is 12.2. The van der Waals surface area contributed by atoms with Crippen LogP contribution in [-0.4, -0.2) is 65.3 Å². The Kier molecular flexibility index (Phi) is 7.58.